The quantitative estimate of drug-likeness (QED) is 0.878. The average molecular weight is 275 g/mol. The lowest BCUT2D eigenvalue weighted by atomic mass is 10.0. The van der Waals surface area contributed by atoms with E-state index in [0.717, 1.165) is 25.1 Å². The van der Waals surface area contributed by atoms with Gasteiger partial charge in [-0.3, -0.25) is 9.36 Å². The Kier molecular flexibility index (Phi) is 4.60. The number of hydrogen-bond acceptors (Lipinski definition) is 3. The van der Waals surface area contributed by atoms with Gasteiger partial charge < -0.3 is 5.32 Å². The molecule has 20 heavy (non-hydrogen) atoms. The standard InChI is InChI=1S/C15H25N5/c1-6-20-10-13(9-17-20)15(16-4)8-7-14-11(2)18-19(5)12(14)3/h9-10,15-16H,6-8H2,1-5H3. The Bertz CT molecular complexity index is 567. The van der Waals surface area contributed by atoms with Crippen molar-refractivity contribution in [3.05, 3.63) is 34.9 Å². The van der Waals surface area contributed by atoms with Crippen molar-refractivity contribution in [3.8, 4) is 0 Å². The Morgan fingerprint density at radius 1 is 1.35 bits per heavy atom. The Balaban J connectivity index is 2.07. The summed E-state index contributed by atoms with van der Waals surface area (Å²) in [5, 5.41) is 12.2. The smallest absolute Gasteiger partial charge is 0.0628 e. The number of rotatable bonds is 6. The number of hydrogen-bond donors (Lipinski definition) is 1. The Morgan fingerprint density at radius 2 is 2.10 bits per heavy atom. The first-order valence-electron chi connectivity index (χ1n) is 7.25. The molecule has 0 saturated carbocycles. The van der Waals surface area contributed by atoms with E-state index in [1.54, 1.807) is 0 Å². The Morgan fingerprint density at radius 3 is 2.60 bits per heavy atom. The average Bonchev–Trinajstić information content (AvgIpc) is 2.99. The summed E-state index contributed by atoms with van der Waals surface area (Å²) in [6.45, 7) is 7.25. The third-order valence-corrected chi connectivity index (χ3v) is 4.07. The first-order chi connectivity index (χ1) is 9.56. The van der Waals surface area contributed by atoms with Gasteiger partial charge in [0.25, 0.3) is 0 Å². The van der Waals surface area contributed by atoms with Gasteiger partial charge in [-0.15, -0.1) is 0 Å². The first kappa shape index (κ1) is 14.8. The molecule has 0 bridgehead atoms. The second kappa shape index (κ2) is 6.22. The predicted molar refractivity (Wildman–Crippen MR) is 80.7 cm³/mol. The molecule has 5 nitrogen and oxygen atoms in total. The largest absolute Gasteiger partial charge is 0.313 e. The summed E-state index contributed by atoms with van der Waals surface area (Å²) in [5.74, 6) is 0. The van der Waals surface area contributed by atoms with E-state index in [9.17, 15) is 0 Å². The first-order valence-corrected chi connectivity index (χ1v) is 7.25. The lowest BCUT2D eigenvalue weighted by Crippen LogP contribution is -2.17. The minimum absolute atomic E-state index is 0.342. The van der Waals surface area contributed by atoms with Crippen LogP contribution in [0, 0.1) is 13.8 Å². The predicted octanol–water partition coefficient (Wildman–Crippen LogP) is 2.15. The van der Waals surface area contributed by atoms with Gasteiger partial charge in [0.15, 0.2) is 0 Å². The molecular formula is C15H25N5. The molecule has 0 amide bonds. The van der Waals surface area contributed by atoms with Crippen molar-refractivity contribution in [2.75, 3.05) is 7.05 Å². The van der Waals surface area contributed by atoms with Gasteiger partial charge in [0, 0.05) is 37.1 Å². The molecule has 0 aliphatic heterocycles. The van der Waals surface area contributed by atoms with Crippen LogP contribution in [0.25, 0.3) is 0 Å². The maximum Gasteiger partial charge on any atom is 0.0628 e. The highest BCUT2D eigenvalue weighted by Gasteiger charge is 2.15. The van der Waals surface area contributed by atoms with Gasteiger partial charge in [0.05, 0.1) is 11.9 Å². The van der Waals surface area contributed by atoms with Gasteiger partial charge in [-0.05, 0) is 46.2 Å². The Hall–Kier alpha value is -1.62. The summed E-state index contributed by atoms with van der Waals surface area (Å²) >= 11 is 0. The third kappa shape index (κ3) is 2.93. The van der Waals surface area contributed by atoms with Gasteiger partial charge in [0.2, 0.25) is 0 Å². The van der Waals surface area contributed by atoms with E-state index >= 15 is 0 Å². The van der Waals surface area contributed by atoms with Crippen LogP contribution in [0.3, 0.4) is 0 Å². The fourth-order valence-corrected chi connectivity index (χ4v) is 2.68. The number of aromatic nitrogens is 4. The second-order valence-corrected chi connectivity index (χ2v) is 5.28. The van der Waals surface area contributed by atoms with Crippen LogP contribution < -0.4 is 5.32 Å². The van der Waals surface area contributed by atoms with Gasteiger partial charge in [-0.2, -0.15) is 10.2 Å². The molecule has 2 aromatic rings. The lowest BCUT2D eigenvalue weighted by Gasteiger charge is -2.14. The highest BCUT2D eigenvalue weighted by molar-refractivity contribution is 5.25. The summed E-state index contributed by atoms with van der Waals surface area (Å²) in [5.41, 5.74) is 5.04. The van der Waals surface area contributed by atoms with Crippen molar-refractivity contribution in [1.29, 1.82) is 0 Å². The van der Waals surface area contributed by atoms with E-state index in [2.05, 4.69) is 42.5 Å². The molecule has 2 aromatic heterocycles. The maximum absolute atomic E-state index is 4.48. The molecule has 0 fully saturated rings. The molecule has 110 valence electrons. The molecule has 0 aromatic carbocycles. The monoisotopic (exact) mass is 275 g/mol. The zero-order valence-corrected chi connectivity index (χ0v) is 13.1. The van der Waals surface area contributed by atoms with Crippen molar-refractivity contribution in [3.63, 3.8) is 0 Å². The molecule has 0 saturated heterocycles. The van der Waals surface area contributed by atoms with Crippen LogP contribution in [-0.2, 0) is 20.0 Å². The minimum atomic E-state index is 0.342. The summed E-state index contributed by atoms with van der Waals surface area (Å²) in [6, 6.07) is 0.342. The summed E-state index contributed by atoms with van der Waals surface area (Å²) < 4.78 is 3.94. The zero-order valence-electron chi connectivity index (χ0n) is 13.1. The molecule has 0 spiro atoms. The van der Waals surface area contributed by atoms with Crippen LogP contribution >= 0.6 is 0 Å². The number of aryl methyl sites for hydroxylation is 3. The van der Waals surface area contributed by atoms with E-state index in [1.165, 1.54) is 16.8 Å². The van der Waals surface area contributed by atoms with E-state index in [-0.39, 0.29) is 0 Å². The normalized spacial score (nSPS) is 12.8. The molecule has 5 heteroatoms. The summed E-state index contributed by atoms with van der Waals surface area (Å²) in [7, 11) is 4.02. The lowest BCUT2D eigenvalue weighted by molar-refractivity contribution is 0.546. The zero-order chi connectivity index (χ0) is 14.7. The summed E-state index contributed by atoms with van der Waals surface area (Å²) in [4.78, 5) is 0. The van der Waals surface area contributed by atoms with Crippen molar-refractivity contribution < 1.29 is 0 Å². The number of nitrogens with one attached hydrogen (secondary N) is 1. The summed E-state index contributed by atoms with van der Waals surface area (Å²) in [6.07, 6.45) is 6.19. The van der Waals surface area contributed by atoms with Crippen molar-refractivity contribution in [2.45, 2.75) is 46.2 Å². The fourth-order valence-electron chi connectivity index (χ4n) is 2.68. The van der Waals surface area contributed by atoms with E-state index in [0.29, 0.717) is 6.04 Å². The Labute approximate surface area is 121 Å². The van der Waals surface area contributed by atoms with E-state index < -0.39 is 0 Å². The van der Waals surface area contributed by atoms with Gasteiger partial charge in [0.1, 0.15) is 0 Å². The SMILES string of the molecule is CCn1cc(C(CCc2c(C)nn(C)c2C)NC)cn1. The van der Waals surface area contributed by atoms with Crippen LogP contribution in [0.1, 0.15) is 41.9 Å². The van der Waals surface area contributed by atoms with E-state index in [4.69, 9.17) is 0 Å². The van der Waals surface area contributed by atoms with Gasteiger partial charge >= 0.3 is 0 Å². The minimum Gasteiger partial charge on any atom is -0.313 e. The topological polar surface area (TPSA) is 47.7 Å². The molecule has 0 aliphatic rings. The van der Waals surface area contributed by atoms with Crippen molar-refractivity contribution in [1.82, 2.24) is 24.9 Å². The molecule has 0 radical (unpaired) electrons. The molecule has 1 N–H and O–H groups in total. The van der Waals surface area contributed by atoms with Gasteiger partial charge in [-0.1, -0.05) is 0 Å². The molecule has 0 aliphatic carbocycles. The molecular weight excluding hydrogens is 250 g/mol. The van der Waals surface area contributed by atoms with Crippen LogP contribution in [0.4, 0.5) is 0 Å². The van der Waals surface area contributed by atoms with E-state index in [1.807, 2.05) is 29.7 Å². The highest BCUT2D eigenvalue weighted by Crippen LogP contribution is 2.21. The van der Waals surface area contributed by atoms with Crippen molar-refractivity contribution >= 4 is 0 Å². The van der Waals surface area contributed by atoms with Crippen molar-refractivity contribution in [2.24, 2.45) is 7.05 Å². The van der Waals surface area contributed by atoms with Gasteiger partial charge in [-0.25, -0.2) is 0 Å². The third-order valence-electron chi connectivity index (χ3n) is 4.07. The molecule has 1 unspecified atom stereocenters. The van der Waals surface area contributed by atoms with Crippen LogP contribution in [0.2, 0.25) is 0 Å². The van der Waals surface area contributed by atoms with Crippen LogP contribution in [0.5, 0.6) is 0 Å². The highest BCUT2D eigenvalue weighted by atomic mass is 15.3. The molecule has 2 rings (SSSR count). The molecule has 2 heterocycles. The maximum atomic E-state index is 4.48. The van der Waals surface area contributed by atoms with Crippen LogP contribution in [0.15, 0.2) is 12.4 Å². The fraction of sp³-hybridized carbons (Fsp3) is 0.600. The van der Waals surface area contributed by atoms with Crippen LogP contribution in [-0.4, -0.2) is 26.6 Å². The molecule has 1 atom stereocenters. The number of nitrogens with zero attached hydrogens (tertiary/aromatic N) is 4. The second-order valence-electron chi connectivity index (χ2n) is 5.28.